The number of fused-ring (bicyclic) bond motifs is 2. The van der Waals surface area contributed by atoms with Crippen LogP contribution in [0, 0.1) is 57.6 Å². The van der Waals surface area contributed by atoms with E-state index < -0.39 is 58.0 Å². The number of carbonyl (C=O) groups excluding carboxylic acids is 2. The summed E-state index contributed by atoms with van der Waals surface area (Å²) in [4.78, 5) is 45.0. The van der Waals surface area contributed by atoms with Crippen molar-refractivity contribution in [3.63, 3.8) is 0 Å². The Balaban J connectivity index is 0.862. The fourth-order valence-electron chi connectivity index (χ4n) is 9.22. The predicted octanol–water partition coefficient (Wildman–Crippen LogP) is 11.7. The van der Waals surface area contributed by atoms with Crippen molar-refractivity contribution >= 4 is 34.0 Å². The Labute approximate surface area is 469 Å². The quantitative estimate of drug-likeness (QED) is 0.0398. The molecule has 10 rings (SSSR count). The van der Waals surface area contributed by atoms with Crippen molar-refractivity contribution in [2.45, 2.75) is 39.1 Å². The van der Waals surface area contributed by atoms with Crippen LogP contribution < -0.4 is 9.47 Å². The molecule has 0 bridgehead atoms. The van der Waals surface area contributed by atoms with E-state index in [9.17, 15) is 9.59 Å². The first kappa shape index (κ1) is 56.1. The van der Waals surface area contributed by atoms with Crippen LogP contribution in [0.1, 0.15) is 65.7 Å². The smallest absolute Gasteiger partial charge is 0.349 e. The average Bonchev–Trinajstić information content (AvgIpc) is 3.68. The summed E-state index contributed by atoms with van der Waals surface area (Å²) < 4.78 is 127. The van der Waals surface area contributed by atoms with Crippen LogP contribution in [-0.4, -0.2) is 68.4 Å². The number of benzene rings is 6. The van der Waals surface area contributed by atoms with E-state index in [0.29, 0.717) is 11.1 Å². The zero-order valence-electron chi connectivity index (χ0n) is 44.1. The first-order valence-electron chi connectivity index (χ1n) is 25.5. The first-order chi connectivity index (χ1) is 40.2. The number of imidazole rings is 2. The summed E-state index contributed by atoms with van der Waals surface area (Å²) in [6.45, 7) is 0.0431. The van der Waals surface area contributed by atoms with Gasteiger partial charge in [-0.2, -0.15) is 10.5 Å². The van der Waals surface area contributed by atoms with E-state index in [2.05, 4.69) is 19.9 Å². The largest absolute Gasteiger partial charge is 0.473 e. The molecule has 0 N–H and O–H groups in total. The highest BCUT2D eigenvalue weighted by molar-refractivity contribution is 6.05. The van der Waals surface area contributed by atoms with E-state index in [1.54, 1.807) is 72.8 Å². The molecular weight excluding hydrogens is 1080 g/mol. The fourth-order valence-corrected chi connectivity index (χ4v) is 9.22. The van der Waals surface area contributed by atoms with Crippen LogP contribution in [0.15, 0.2) is 133 Å². The number of methoxy groups -OCH3 is 2. The number of hydrogen-bond donors (Lipinski definition) is 0. The van der Waals surface area contributed by atoms with Gasteiger partial charge in [0.15, 0.2) is 11.6 Å². The Bertz CT molecular complexity index is 3950. The van der Waals surface area contributed by atoms with Crippen molar-refractivity contribution < 1.29 is 59.6 Å². The van der Waals surface area contributed by atoms with Crippen molar-refractivity contribution in [2.24, 2.45) is 0 Å². The summed E-state index contributed by atoms with van der Waals surface area (Å²) >= 11 is 0. The van der Waals surface area contributed by atoms with Crippen LogP contribution >= 0.6 is 0 Å². The van der Waals surface area contributed by atoms with Gasteiger partial charge in [-0.05, 0) is 107 Å². The standard InChI is InChI=1S/C62H44F6N8O7/c1-79-23-21-75-53(27-39-25-47(65)43(29-45(39)63)49-5-3-7-55(73-49)81-33-37-13-9-35(31-69)10-14-37)71-51-19-17-41(57(67)59(51)75)61(77)83-62(78)42-18-20-52-60(58(42)68)76(22-24-80-2)54(72-52)28-40-26-48(66)44(30-46(40)64)50-6-4-8-56(74-50)82-34-38-15-11-36(32-70)12-16-38/h3-20,25-26,29-30H,21-24,27-28,33-34H2,1-2H3. The second-order valence-corrected chi connectivity index (χ2v) is 18.7. The van der Waals surface area contributed by atoms with Gasteiger partial charge in [0.05, 0.1) is 70.0 Å². The summed E-state index contributed by atoms with van der Waals surface area (Å²) in [5.41, 5.74) is 0.0521. The molecule has 4 heterocycles. The molecule has 4 aromatic heterocycles. The number of aromatic nitrogens is 6. The Morgan fingerprint density at radius 3 is 1.30 bits per heavy atom. The fraction of sp³-hybridized carbons (Fsp3) is 0.161. The lowest BCUT2D eigenvalue weighted by molar-refractivity contribution is 0.0392. The lowest BCUT2D eigenvalue weighted by Gasteiger charge is -2.13. The molecule has 0 atom stereocenters. The van der Waals surface area contributed by atoms with Gasteiger partial charge in [-0.25, -0.2) is 55.9 Å². The second kappa shape index (κ2) is 24.7. The molecule has 0 fully saturated rings. The van der Waals surface area contributed by atoms with Gasteiger partial charge >= 0.3 is 11.9 Å². The molecule has 15 nitrogen and oxygen atoms in total. The molecule has 0 radical (unpaired) electrons. The highest BCUT2D eigenvalue weighted by atomic mass is 19.1. The molecule has 0 spiro atoms. The molecule has 10 aromatic rings. The van der Waals surface area contributed by atoms with Gasteiger partial charge in [-0.3, -0.25) is 0 Å². The number of nitrogens with zero attached hydrogens (tertiary/aromatic N) is 8. The van der Waals surface area contributed by atoms with E-state index in [0.717, 1.165) is 47.5 Å². The van der Waals surface area contributed by atoms with Crippen molar-refractivity contribution in [1.82, 2.24) is 29.1 Å². The highest BCUT2D eigenvalue weighted by Crippen LogP contribution is 2.33. The van der Waals surface area contributed by atoms with Crippen LogP contribution in [0.3, 0.4) is 0 Å². The number of nitriles is 2. The second-order valence-electron chi connectivity index (χ2n) is 18.7. The zero-order chi connectivity index (χ0) is 58.3. The molecule has 0 amide bonds. The average molecular weight is 1130 g/mol. The third kappa shape index (κ3) is 12.1. The number of hydrogen-bond acceptors (Lipinski definition) is 13. The molecule has 0 unspecified atom stereocenters. The molecule has 6 aromatic carbocycles. The van der Waals surface area contributed by atoms with E-state index in [1.165, 1.54) is 47.6 Å². The number of pyridine rings is 2. The Morgan fingerprint density at radius 2 is 0.916 bits per heavy atom. The van der Waals surface area contributed by atoms with Crippen molar-refractivity contribution in [2.75, 3.05) is 27.4 Å². The van der Waals surface area contributed by atoms with Gasteiger partial charge < -0.3 is 32.8 Å². The summed E-state index contributed by atoms with van der Waals surface area (Å²) in [6.07, 6.45) is -0.702. The number of carbonyl (C=O) groups is 2. The topological polar surface area (TPSA) is 189 Å². The van der Waals surface area contributed by atoms with Gasteiger partial charge in [-0.1, -0.05) is 36.4 Å². The maximum absolute atomic E-state index is 16.7. The molecule has 0 aliphatic carbocycles. The minimum atomic E-state index is -1.50. The lowest BCUT2D eigenvalue weighted by Crippen LogP contribution is -2.17. The predicted molar refractivity (Wildman–Crippen MR) is 289 cm³/mol. The van der Waals surface area contributed by atoms with Gasteiger partial charge in [0.2, 0.25) is 11.8 Å². The van der Waals surface area contributed by atoms with E-state index in [-0.39, 0.29) is 131 Å². The van der Waals surface area contributed by atoms with E-state index >= 15 is 26.3 Å². The Morgan fingerprint density at radius 1 is 0.506 bits per heavy atom. The Hall–Kier alpha value is -10.2. The summed E-state index contributed by atoms with van der Waals surface area (Å²) in [5.74, 6) is -8.28. The molecule has 21 heteroatoms. The summed E-state index contributed by atoms with van der Waals surface area (Å²) in [6, 6.07) is 35.2. The van der Waals surface area contributed by atoms with Gasteiger partial charge in [0.1, 0.15) is 59.2 Å². The molecule has 0 aliphatic heterocycles. The minimum Gasteiger partial charge on any atom is -0.473 e. The van der Waals surface area contributed by atoms with Crippen molar-refractivity contribution in [3.8, 4) is 46.4 Å². The molecule has 0 aliphatic rings. The lowest BCUT2D eigenvalue weighted by atomic mass is 10.0. The van der Waals surface area contributed by atoms with Crippen LogP contribution in [0.4, 0.5) is 26.3 Å². The molecular formula is C62H44F6N8O7. The maximum Gasteiger partial charge on any atom is 0.349 e. The van der Waals surface area contributed by atoms with Crippen LogP contribution in [0.2, 0.25) is 0 Å². The van der Waals surface area contributed by atoms with Gasteiger partial charge in [0.25, 0.3) is 0 Å². The number of halogens is 6. The minimum absolute atomic E-state index is 0.00804. The Kier molecular flexibility index (Phi) is 16.7. The molecule has 0 saturated carbocycles. The normalized spacial score (nSPS) is 11.2. The number of rotatable bonds is 20. The number of esters is 2. The van der Waals surface area contributed by atoms with E-state index in [1.807, 2.05) is 12.1 Å². The highest BCUT2D eigenvalue weighted by Gasteiger charge is 2.28. The van der Waals surface area contributed by atoms with Crippen LogP contribution in [0.5, 0.6) is 11.8 Å². The van der Waals surface area contributed by atoms with Crippen LogP contribution in [0.25, 0.3) is 44.6 Å². The maximum atomic E-state index is 16.7. The summed E-state index contributed by atoms with van der Waals surface area (Å²) in [7, 11) is 2.78. The zero-order valence-corrected chi connectivity index (χ0v) is 44.1. The van der Waals surface area contributed by atoms with Gasteiger partial charge in [0, 0.05) is 63.4 Å². The van der Waals surface area contributed by atoms with Crippen LogP contribution in [-0.2, 0) is 53.4 Å². The first-order valence-corrected chi connectivity index (χ1v) is 25.5. The summed E-state index contributed by atoms with van der Waals surface area (Å²) in [5, 5.41) is 18.1. The third-order valence-electron chi connectivity index (χ3n) is 13.4. The molecule has 83 heavy (non-hydrogen) atoms. The number of ether oxygens (including phenoxy) is 5. The van der Waals surface area contributed by atoms with Crippen molar-refractivity contribution in [1.29, 1.82) is 10.5 Å². The molecule has 0 saturated heterocycles. The monoisotopic (exact) mass is 1130 g/mol. The van der Waals surface area contributed by atoms with E-state index in [4.69, 9.17) is 34.2 Å². The SMILES string of the molecule is COCCn1c(Cc2cc(F)c(-c3cccc(OCc4ccc(C#N)cc4)n3)cc2F)nc2ccc(C(=O)OC(=O)c3ccc4nc(Cc5cc(F)c(-c6cccc(OCc7ccc(C#N)cc7)n6)cc5F)n(CCOC)c4c3F)c(F)c21. The van der Waals surface area contributed by atoms with Crippen molar-refractivity contribution in [3.05, 3.63) is 225 Å². The third-order valence-corrected chi connectivity index (χ3v) is 13.4. The van der Waals surface area contributed by atoms with Gasteiger partial charge in [-0.15, -0.1) is 0 Å². The molecule has 416 valence electrons.